The van der Waals surface area contributed by atoms with Gasteiger partial charge in [-0.3, -0.25) is 15.5 Å². The molecule has 0 aromatic rings. The van der Waals surface area contributed by atoms with Crippen molar-refractivity contribution in [1.29, 1.82) is 0 Å². The Kier molecular flexibility index (Phi) is 3.21. The highest BCUT2D eigenvalue weighted by molar-refractivity contribution is 5.70. The molecule has 0 aromatic carbocycles. The summed E-state index contributed by atoms with van der Waals surface area (Å²) in [6.45, 7) is 6.11. The maximum Gasteiger partial charge on any atom is 0.338 e. The highest BCUT2D eigenvalue weighted by Gasteiger charge is 2.26. The zero-order chi connectivity index (χ0) is 11.6. The summed E-state index contributed by atoms with van der Waals surface area (Å²) in [5.74, 6) is 0. The van der Waals surface area contributed by atoms with Crippen molar-refractivity contribution in [3.05, 3.63) is 11.8 Å². The van der Waals surface area contributed by atoms with Gasteiger partial charge in [0.2, 0.25) is 0 Å². The molecule has 6 heteroatoms. The van der Waals surface area contributed by atoms with E-state index in [0.29, 0.717) is 5.06 Å². The summed E-state index contributed by atoms with van der Waals surface area (Å²) in [6.07, 6.45) is 1.45. The lowest BCUT2D eigenvalue weighted by Gasteiger charge is -2.19. The number of nitrogens with zero attached hydrogens (tertiary/aromatic N) is 1. The second-order valence-corrected chi connectivity index (χ2v) is 4.51. The molecule has 1 rings (SSSR count). The van der Waals surface area contributed by atoms with Gasteiger partial charge in [0.05, 0.1) is 6.54 Å². The molecule has 0 fully saturated rings. The van der Waals surface area contributed by atoms with E-state index < -0.39 is 6.03 Å². The van der Waals surface area contributed by atoms with Crippen LogP contribution in [0.4, 0.5) is 4.79 Å². The molecule has 1 heterocycles. The normalized spacial score (nSPS) is 20.8. The first-order valence-electron chi connectivity index (χ1n) is 4.70. The number of hydroxylamine groups is 3. The Hall–Kier alpha value is -1.27. The second kappa shape index (κ2) is 4.08. The van der Waals surface area contributed by atoms with Gasteiger partial charge < -0.3 is 5.73 Å². The Labute approximate surface area is 88.6 Å². The monoisotopic (exact) mass is 215 g/mol. The lowest BCUT2D eigenvalue weighted by atomic mass is 9.92. The van der Waals surface area contributed by atoms with Crippen molar-refractivity contribution in [2.45, 2.75) is 26.9 Å². The van der Waals surface area contributed by atoms with Crippen LogP contribution in [0.25, 0.3) is 0 Å². The Morgan fingerprint density at radius 2 is 2.33 bits per heavy atom. The van der Waals surface area contributed by atoms with Gasteiger partial charge in [-0.25, -0.2) is 9.86 Å². The molecule has 2 amide bonds. The third-order valence-electron chi connectivity index (χ3n) is 2.09. The summed E-state index contributed by atoms with van der Waals surface area (Å²) in [5, 5.41) is 9.52. The SMILES string of the molecule is CC(C)(C)C1=CC(CN(O)C(N)=O)ON1. The van der Waals surface area contributed by atoms with Crippen LogP contribution in [0.5, 0.6) is 0 Å². The fraction of sp³-hybridized carbons (Fsp3) is 0.667. The van der Waals surface area contributed by atoms with Crippen LogP contribution < -0.4 is 11.2 Å². The lowest BCUT2D eigenvalue weighted by molar-refractivity contribution is -0.0781. The number of nitrogens with one attached hydrogen (secondary N) is 1. The standard InChI is InChI=1S/C9H17N3O3/c1-9(2,3)7-4-6(15-11-7)5-12(14)8(10)13/h4,6,11,14H,5H2,1-3H3,(H2,10,13). The van der Waals surface area contributed by atoms with Gasteiger partial charge in [0.25, 0.3) is 0 Å². The molecule has 4 N–H and O–H groups in total. The average molecular weight is 215 g/mol. The Morgan fingerprint density at radius 3 is 2.73 bits per heavy atom. The molecule has 1 aliphatic rings. The lowest BCUT2D eigenvalue weighted by Crippen LogP contribution is -2.38. The molecule has 1 atom stereocenters. The van der Waals surface area contributed by atoms with Crippen LogP contribution in [-0.4, -0.2) is 29.0 Å². The van der Waals surface area contributed by atoms with E-state index in [1.165, 1.54) is 0 Å². The third kappa shape index (κ3) is 3.10. The minimum absolute atomic E-state index is 0.0158. The summed E-state index contributed by atoms with van der Waals surface area (Å²) >= 11 is 0. The minimum atomic E-state index is -0.892. The molecule has 0 bridgehead atoms. The summed E-state index contributed by atoms with van der Waals surface area (Å²) in [7, 11) is 0. The van der Waals surface area contributed by atoms with Crippen LogP contribution in [-0.2, 0) is 4.84 Å². The maximum absolute atomic E-state index is 10.6. The van der Waals surface area contributed by atoms with E-state index in [1.807, 2.05) is 26.8 Å². The molecule has 86 valence electrons. The number of carbonyl (C=O) groups is 1. The van der Waals surface area contributed by atoms with Crippen LogP contribution in [0, 0.1) is 5.41 Å². The number of hydrogen-bond donors (Lipinski definition) is 3. The van der Waals surface area contributed by atoms with Crippen molar-refractivity contribution >= 4 is 6.03 Å². The zero-order valence-electron chi connectivity index (χ0n) is 9.15. The highest BCUT2D eigenvalue weighted by atomic mass is 16.7. The maximum atomic E-state index is 10.6. The topological polar surface area (TPSA) is 87.8 Å². The fourth-order valence-electron chi connectivity index (χ4n) is 1.15. The zero-order valence-corrected chi connectivity index (χ0v) is 9.15. The summed E-state index contributed by atoms with van der Waals surface area (Å²) in [5.41, 5.74) is 8.50. The van der Waals surface area contributed by atoms with Crippen LogP contribution in [0.3, 0.4) is 0 Å². The van der Waals surface area contributed by atoms with Crippen molar-refractivity contribution in [2.24, 2.45) is 11.1 Å². The molecule has 0 aliphatic carbocycles. The molecule has 0 spiro atoms. The number of hydrogen-bond acceptors (Lipinski definition) is 4. The molecular weight excluding hydrogens is 198 g/mol. The number of rotatable bonds is 2. The number of urea groups is 1. The quantitative estimate of drug-likeness (QED) is 0.464. The molecule has 0 saturated heterocycles. The summed E-state index contributed by atoms with van der Waals surface area (Å²) < 4.78 is 0. The van der Waals surface area contributed by atoms with Gasteiger partial charge >= 0.3 is 6.03 Å². The van der Waals surface area contributed by atoms with Crippen LogP contribution in [0.2, 0.25) is 0 Å². The summed E-state index contributed by atoms with van der Waals surface area (Å²) in [6, 6.07) is -0.892. The van der Waals surface area contributed by atoms with Crippen molar-refractivity contribution in [3.8, 4) is 0 Å². The predicted octanol–water partition coefficient (Wildman–Crippen LogP) is 0.590. The van der Waals surface area contributed by atoms with Crippen molar-refractivity contribution in [2.75, 3.05) is 6.54 Å². The fourth-order valence-corrected chi connectivity index (χ4v) is 1.15. The second-order valence-electron chi connectivity index (χ2n) is 4.51. The average Bonchev–Trinajstić information content (AvgIpc) is 2.51. The molecule has 6 nitrogen and oxygen atoms in total. The van der Waals surface area contributed by atoms with Gasteiger partial charge in [-0.05, 0) is 6.08 Å². The number of amides is 2. The van der Waals surface area contributed by atoms with Crippen LogP contribution >= 0.6 is 0 Å². The van der Waals surface area contributed by atoms with Gasteiger partial charge in [0, 0.05) is 11.1 Å². The van der Waals surface area contributed by atoms with E-state index >= 15 is 0 Å². The first-order valence-corrected chi connectivity index (χ1v) is 4.70. The number of allylic oxidation sites excluding steroid dienone is 1. The molecule has 0 radical (unpaired) electrons. The Balaban J connectivity index is 2.55. The number of primary amides is 1. The van der Waals surface area contributed by atoms with Gasteiger partial charge in [0.15, 0.2) is 0 Å². The summed E-state index contributed by atoms with van der Waals surface area (Å²) in [4.78, 5) is 15.7. The number of carbonyl (C=O) groups excluding carboxylic acids is 1. The third-order valence-corrected chi connectivity index (χ3v) is 2.09. The largest absolute Gasteiger partial charge is 0.350 e. The molecule has 1 aliphatic heterocycles. The molecule has 15 heavy (non-hydrogen) atoms. The molecular formula is C9H17N3O3. The van der Waals surface area contributed by atoms with Crippen molar-refractivity contribution in [3.63, 3.8) is 0 Å². The Morgan fingerprint density at radius 1 is 1.73 bits per heavy atom. The van der Waals surface area contributed by atoms with E-state index in [-0.39, 0.29) is 18.1 Å². The van der Waals surface area contributed by atoms with Gasteiger partial charge in [-0.15, -0.1) is 0 Å². The van der Waals surface area contributed by atoms with E-state index in [9.17, 15) is 4.79 Å². The van der Waals surface area contributed by atoms with Crippen LogP contribution in [0.15, 0.2) is 11.8 Å². The van der Waals surface area contributed by atoms with Crippen LogP contribution in [0.1, 0.15) is 20.8 Å². The van der Waals surface area contributed by atoms with E-state index in [4.69, 9.17) is 15.8 Å². The Bertz CT molecular complexity index is 283. The van der Waals surface area contributed by atoms with Crippen molar-refractivity contribution < 1.29 is 14.8 Å². The first-order chi connectivity index (χ1) is 6.80. The van der Waals surface area contributed by atoms with E-state index in [0.717, 1.165) is 5.70 Å². The first kappa shape index (κ1) is 11.8. The van der Waals surface area contributed by atoms with Crippen molar-refractivity contribution in [1.82, 2.24) is 10.5 Å². The molecule has 0 saturated carbocycles. The van der Waals surface area contributed by atoms with Gasteiger partial charge in [0.1, 0.15) is 6.10 Å². The highest BCUT2D eigenvalue weighted by Crippen LogP contribution is 2.26. The van der Waals surface area contributed by atoms with E-state index in [2.05, 4.69) is 5.48 Å². The molecule has 1 unspecified atom stereocenters. The number of nitrogens with two attached hydrogens (primary N) is 1. The smallest absolute Gasteiger partial charge is 0.338 e. The predicted molar refractivity (Wildman–Crippen MR) is 53.6 cm³/mol. The molecule has 0 aromatic heterocycles. The van der Waals surface area contributed by atoms with Gasteiger partial charge in [-0.1, -0.05) is 20.8 Å². The van der Waals surface area contributed by atoms with E-state index in [1.54, 1.807) is 0 Å². The minimum Gasteiger partial charge on any atom is -0.350 e. The van der Waals surface area contributed by atoms with Gasteiger partial charge in [-0.2, -0.15) is 0 Å².